The molecule has 2 aliphatic rings. The average molecular weight is 482 g/mol. The van der Waals surface area contributed by atoms with Gasteiger partial charge in [0.05, 0.1) is 5.39 Å². The van der Waals surface area contributed by atoms with Crippen molar-refractivity contribution in [2.75, 3.05) is 38.1 Å². The summed E-state index contributed by atoms with van der Waals surface area (Å²) in [4.78, 5) is 40.5. The minimum absolute atomic E-state index is 0.0188. The molecule has 5 rings (SSSR count). The van der Waals surface area contributed by atoms with Crippen molar-refractivity contribution in [2.24, 2.45) is 0 Å². The summed E-state index contributed by atoms with van der Waals surface area (Å²) in [7, 11) is 0. The summed E-state index contributed by atoms with van der Waals surface area (Å²) in [5.74, 6) is 1.78. The Morgan fingerprint density at radius 1 is 1.09 bits per heavy atom. The van der Waals surface area contributed by atoms with Gasteiger partial charge in [-0.25, -0.2) is 9.97 Å². The van der Waals surface area contributed by atoms with E-state index in [9.17, 15) is 9.59 Å². The zero-order chi connectivity index (χ0) is 23.8. The molecule has 4 heterocycles. The van der Waals surface area contributed by atoms with E-state index < -0.39 is 12.1 Å². The van der Waals surface area contributed by atoms with Crippen LogP contribution in [0.15, 0.2) is 30.6 Å². The van der Waals surface area contributed by atoms with E-state index in [0.717, 1.165) is 15.8 Å². The number of anilines is 1. The Kier molecular flexibility index (Phi) is 5.99. The van der Waals surface area contributed by atoms with E-state index in [1.54, 1.807) is 27.2 Å². The molecule has 0 spiro atoms. The van der Waals surface area contributed by atoms with Gasteiger partial charge in [-0.2, -0.15) is 0 Å². The number of carbonyl (C=O) groups excluding carboxylic acids is 2. The SMILES string of the molecule is Cc1sc2ncnc(N[C@@H](C)C(=O)N3CCN(C(=O)[C@@H]4COc5ccccc5O4)CC3)c2c1C. The van der Waals surface area contributed by atoms with Crippen LogP contribution >= 0.6 is 11.3 Å². The molecule has 1 N–H and O–H groups in total. The van der Waals surface area contributed by atoms with Gasteiger partial charge in [0.2, 0.25) is 12.0 Å². The quantitative estimate of drug-likeness (QED) is 0.612. The van der Waals surface area contributed by atoms with Gasteiger partial charge in [0.25, 0.3) is 5.91 Å². The van der Waals surface area contributed by atoms with Crippen LogP contribution in [0.3, 0.4) is 0 Å². The number of aryl methyl sites for hydroxylation is 2. The third-order valence-electron chi connectivity index (χ3n) is 6.38. The number of nitrogens with one attached hydrogen (secondary N) is 1. The van der Waals surface area contributed by atoms with Crippen molar-refractivity contribution in [2.45, 2.75) is 32.9 Å². The number of ether oxygens (including phenoxy) is 2. The Hall–Kier alpha value is -3.40. The predicted molar refractivity (Wildman–Crippen MR) is 129 cm³/mol. The zero-order valence-corrected chi connectivity index (χ0v) is 20.2. The fourth-order valence-corrected chi connectivity index (χ4v) is 5.32. The molecule has 10 heteroatoms. The number of aromatic nitrogens is 2. The minimum Gasteiger partial charge on any atom is -0.485 e. The number of para-hydroxylation sites is 2. The van der Waals surface area contributed by atoms with E-state index in [-0.39, 0.29) is 18.4 Å². The number of benzene rings is 1. The highest BCUT2D eigenvalue weighted by molar-refractivity contribution is 7.18. The molecule has 2 aromatic heterocycles. The number of amides is 2. The normalized spacial score (nSPS) is 18.6. The smallest absolute Gasteiger partial charge is 0.267 e. The van der Waals surface area contributed by atoms with Gasteiger partial charge in [0.15, 0.2) is 11.5 Å². The molecule has 1 aromatic carbocycles. The summed E-state index contributed by atoms with van der Waals surface area (Å²) < 4.78 is 11.5. The lowest BCUT2D eigenvalue weighted by Crippen LogP contribution is -2.56. The number of thiophene rings is 1. The molecule has 1 saturated heterocycles. The molecule has 2 atom stereocenters. The van der Waals surface area contributed by atoms with Crippen molar-refractivity contribution < 1.29 is 19.1 Å². The van der Waals surface area contributed by atoms with E-state index in [4.69, 9.17) is 9.47 Å². The number of hydrogen-bond donors (Lipinski definition) is 1. The van der Waals surface area contributed by atoms with Gasteiger partial charge < -0.3 is 24.6 Å². The van der Waals surface area contributed by atoms with Crippen LogP contribution in [0.5, 0.6) is 11.5 Å². The van der Waals surface area contributed by atoms with Gasteiger partial charge >= 0.3 is 0 Å². The maximum atomic E-state index is 13.1. The first-order chi connectivity index (χ1) is 16.4. The molecule has 2 aliphatic heterocycles. The number of nitrogens with zero attached hydrogens (tertiary/aromatic N) is 4. The second-order valence-electron chi connectivity index (χ2n) is 8.57. The van der Waals surface area contributed by atoms with E-state index >= 15 is 0 Å². The Balaban J connectivity index is 1.18. The maximum absolute atomic E-state index is 13.1. The number of carbonyl (C=O) groups is 2. The van der Waals surface area contributed by atoms with Crippen LogP contribution in [-0.2, 0) is 9.59 Å². The van der Waals surface area contributed by atoms with Crippen molar-refractivity contribution in [3.8, 4) is 11.5 Å². The van der Waals surface area contributed by atoms with Crippen molar-refractivity contribution >= 4 is 39.2 Å². The lowest BCUT2D eigenvalue weighted by atomic mass is 10.2. The molecule has 0 saturated carbocycles. The molecule has 9 nitrogen and oxygen atoms in total. The standard InChI is InChI=1S/C24H27N5O4S/c1-14-16(3)34-22-20(14)21(25-13-26-22)27-15(2)23(30)28-8-10-29(11-9-28)24(31)19-12-32-17-6-4-5-7-18(17)33-19/h4-7,13,15,19H,8-12H2,1-3H3,(H,25,26,27)/t15-,19-/m0/s1. The lowest BCUT2D eigenvalue weighted by molar-refractivity contribution is -0.146. The van der Waals surface area contributed by atoms with E-state index in [0.29, 0.717) is 43.5 Å². The summed E-state index contributed by atoms with van der Waals surface area (Å²) >= 11 is 1.62. The second-order valence-corrected chi connectivity index (χ2v) is 9.77. The lowest BCUT2D eigenvalue weighted by Gasteiger charge is -2.38. The third-order valence-corrected chi connectivity index (χ3v) is 7.49. The fourth-order valence-electron chi connectivity index (χ4n) is 4.32. The van der Waals surface area contributed by atoms with E-state index in [2.05, 4.69) is 22.2 Å². The van der Waals surface area contributed by atoms with E-state index in [1.165, 1.54) is 11.2 Å². The number of piperazine rings is 1. The van der Waals surface area contributed by atoms with Gasteiger partial charge in [-0.3, -0.25) is 9.59 Å². The molecular weight excluding hydrogens is 454 g/mol. The predicted octanol–water partition coefficient (Wildman–Crippen LogP) is 2.62. The van der Waals surface area contributed by atoms with Gasteiger partial charge in [-0.1, -0.05) is 12.1 Å². The van der Waals surface area contributed by atoms with Crippen LogP contribution in [-0.4, -0.2) is 76.5 Å². The zero-order valence-electron chi connectivity index (χ0n) is 19.4. The highest BCUT2D eigenvalue weighted by Gasteiger charge is 2.34. The van der Waals surface area contributed by atoms with Gasteiger partial charge in [-0.15, -0.1) is 11.3 Å². The molecule has 1 fully saturated rings. The topological polar surface area (TPSA) is 96.9 Å². The summed E-state index contributed by atoms with van der Waals surface area (Å²) in [6, 6.07) is 6.88. The van der Waals surface area contributed by atoms with Gasteiger partial charge in [0, 0.05) is 31.1 Å². The molecule has 34 heavy (non-hydrogen) atoms. The Labute approximate surface area is 201 Å². The molecule has 178 valence electrons. The Morgan fingerprint density at radius 3 is 2.56 bits per heavy atom. The maximum Gasteiger partial charge on any atom is 0.267 e. The Bertz CT molecular complexity index is 1240. The monoisotopic (exact) mass is 481 g/mol. The number of fused-ring (bicyclic) bond motifs is 2. The molecule has 0 radical (unpaired) electrons. The first kappa shape index (κ1) is 22.4. The van der Waals surface area contributed by atoms with Crippen LogP contribution in [0.4, 0.5) is 5.82 Å². The summed E-state index contributed by atoms with van der Waals surface area (Å²) in [5.41, 5.74) is 1.13. The van der Waals surface area contributed by atoms with Crippen LogP contribution in [0.1, 0.15) is 17.4 Å². The van der Waals surface area contributed by atoms with Crippen LogP contribution in [0.2, 0.25) is 0 Å². The van der Waals surface area contributed by atoms with Gasteiger partial charge in [-0.05, 0) is 38.5 Å². The molecule has 0 bridgehead atoms. The summed E-state index contributed by atoms with van der Waals surface area (Å²) in [6.45, 7) is 7.98. The van der Waals surface area contributed by atoms with Crippen LogP contribution in [0, 0.1) is 13.8 Å². The van der Waals surface area contributed by atoms with E-state index in [1.807, 2.05) is 32.0 Å². The molecular formula is C24H27N5O4S. The fraction of sp³-hybridized carbons (Fsp3) is 0.417. The molecule has 2 amide bonds. The van der Waals surface area contributed by atoms with Crippen LogP contribution < -0.4 is 14.8 Å². The third kappa shape index (κ3) is 4.13. The van der Waals surface area contributed by atoms with Crippen LogP contribution in [0.25, 0.3) is 10.2 Å². The van der Waals surface area contributed by atoms with Gasteiger partial charge in [0.1, 0.15) is 29.6 Å². The highest BCUT2D eigenvalue weighted by Crippen LogP contribution is 2.33. The molecule has 0 aliphatic carbocycles. The van der Waals surface area contributed by atoms with Crippen molar-refractivity contribution in [3.63, 3.8) is 0 Å². The number of hydrogen-bond acceptors (Lipinski definition) is 8. The minimum atomic E-state index is -0.671. The first-order valence-corrected chi connectivity index (χ1v) is 12.2. The average Bonchev–Trinajstić information content (AvgIpc) is 3.17. The largest absolute Gasteiger partial charge is 0.485 e. The Morgan fingerprint density at radius 2 is 1.79 bits per heavy atom. The first-order valence-electron chi connectivity index (χ1n) is 11.4. The van der Waals surface area contributed by atoms with Crippen molar-refractivity contribution in [3.05, 3.63) is 41.0 Å². The molecule has 0 unspecified atom stereocenters. The van der Waals surface area contributed by atoms with Crippen molar-refractivity contribution in [1.82, 2.24) is 19.8 Å². The van der Waals surface area contributed by atoms with Crippen molar-refractivity contribution in [1.29, 1.82) is 0 Å². The summed E-state index contributed by atoms with van der Waals surface area (Å²) in [6.07, 6.45) is 0.854. The highest BCUT2D eigenvalue weighted by atomic mass is 32.1. The number of rotatable bonds is 4. The molecule has 3 aromatic rings. The summed E-state index contributed by atoms with van der Waals surface area (Å²) in [5, 5.41) is 4.25. The second kappa shape index (κ2) is 9.09.